The van der Waals surface area contributed by atoms with Gasteiger partial charge in [-0.25, -0.2) is 0 Å². The van der Waals surface area contributed by atoms with E-state index in [9.17, 15) is 4.79 Å². The van der Waals surface area contributed by atoms with Gasteiger partial charge in [0.05, 0.1) is 11.4 Å². The Bertz CT molecular complexity index is 630. The van der Waals surface area contributed by atoms with Crippen molar-refractivity contribution in [2.45, 2.75) is 6.42 Å². The molecule has 1 fully saturated rings. The van der Waals surface area contributed by atoms with Crippen LogP contribution < -0.4 is 10.2 Å². The highest BCUT2D eigenvalue weighted by Gasteiger charge is 2.31. The number of rotatable bonds is 4. The van der Waals surface area contributed by atoms with Crippen LogP contribution in [-0.2, 0) is 4.79 Å². The molecule has 108 valence electrons. The summed E-state index contributed by atoms with van der Waals surface area (Å²) in [6, 6.07) is 17.8. The van der Waals surface area contributed by atoms with Crippen LogP contribution >= 0.6 is 11.6 Å². The van der Waals surface area contributed by atoms with Gasteiger partial charge in [-0.2, -0.15) is 0 Å². The van der Waals surface area contributed by atoms with Crippen LogP contribution in [0, 0.1) is 5.92 Å². The summed E-state index contributed by atoms with van der Waals surface area (Å²) in [4.78, 5) is 14.0. The van der Waals surface area contributed by atoms with Gasteiger partial charge in [-0.3, -0.25) is 4.79 Å². The molecule has 0 radical (unpaired) electrons. The zero-order valence-corrected chi connectivity index (χ0v) is 12.4. The van der Waals surface area contributed by atoms with Crippen molar-refractivity contribution in [3.63, 3.8) is 0 Å². The van der Waals surface area contributed by atoms with Crippen molar-refractivity contribution in [1.29, 1.82) is 0 Å². The largest absolute Gasteiger partial charge is 0.354 e. The van der Waals surface area contributed by atoms with E-state index in [4.69, 9.17) is 11.6 Å². The van der Waals surface area contributed by atoms with Crippen molar-refractivity contribution >= 4 is 34.6 Å². The summed E-state index contributed by atoms with van der Waals surface area (Å²) >= 11 is 5.90. The third kappa shape index (κ3) is 3.03. The molecular formula is C17H17ClN2O. The number of anilines is 3. The van der Waals surface area contributed by atoms with E-state index in [2.05, 4.69) is 5.32 Å². The first-order chi connectivity index (χ1) is 10.3. The molecule has 21 heavy (non-hydrogen) atoms. The molecule has 1 aliphatic rings. The Kier molecular flexibility index (Phi) is 4.11. The lowest BCUT2D eigenvalue weighted by Crippen LogP contribution is -2.25. The second-order valence-corrected chi connectivity index (χ2v) is 5.55. The minimum atomic E-state index is 0.142. The van der Waals surface area contributed by atoms with E-state index >= 15 is 0 Å². The summed E-state index contributed by atoms with van der Waals surface area (Å²) in [5, 5.41) is 3.38. The molecule has 0 spiro atoms. The van der Waals surface area contributed by atoms with Gasteiger partial charge in [0.2, 0.25) is 5.91 Å². The number of halogens is 1. The van der Waals surface area contributed by atoms with Crippen molar-refractivity contribution in [3.05, 3.63) is 54.6 Å². The quantitative estimate of drug-likeness (QED) is 0.865. The van der Waals surface area contributed by atoms with Crippen LogP contribution in [-0.4, -0.2) is 18.3 Å². The smallest absolute Gasteiger partial charge is 0.227 e. The summed E-state index contributed by atoms with van der Waals surface area (Å²) in [5.74, 6) is 0.906. The summed E-state index contributed by atoms with van der Waals surface area (Å²) in [7, 11) is 0. The molecule has 0 aromatic heterocycles. The van der Waals surface area contributed by atoms with E-state index in [1.54, 1.807) is 0 Å². The number of nitrogens with zero attached hydrogens (tertiary/aromatic N) is 1. The van der Waals surface area contributed by atoms with E-state index < -0.39 is 0 Å². The Morgan fingerprint density at radius 2 is 1.81 bits per heavy atom. The zero-order chi connectivity index (χ0) is 14.7. The van der Waals surface area contributed by atoms with E-state index in [1.807, 2.05) is 59.5 Å². The van der Waals surface area contributed by atoms with Crippen LogP contribution in [0.2, 0.25) is 0 Å². The Morgan fingerprint density at radius 3 is 2.52 bits per heavy atom. The molecule has 1 unspecified atom stereocenters. The fourth-order valence-corrected chi connectivity index (χ4v) is 2.82. The van der Waals surface area contributed by atoms with E-state index in [1.165, 1.54) is 0 Å². The van der Waals surface area contributed by atoms with Gasteiger partial charge in [-0.15, -0.1) is 11.6 Å². The molecule has 0 saturated carbocycles. The minimum Gasteiger partial charge on any atom is -0.354 e. The number of hydrogen-bond donors (Lipinski definition) is 1. The average Bonchev–Trinajstić information content (AvgIpc) is 2.90. The van der Waals surface area contributed by atoms with Gasteiger partial charge < -0.3 is 10.2 Å². The lowest BCUT2D eigenvalue weighted by molar-refractivity contribution is -0.117. The Morgan fingerprint density at radius 1 is 1.10 bits per heavy atom. The number of benzene rings is 2. The molecule has 3 rings (SSSR count). The van der Waals surface area contributed by atoms with Crippen LogP contribution in [0.3, 0.4) is 0 Å². The summed E-state index contributed by atoms with van der Waals surface area (Å²) in [5.41, 5.74) is 2.86. The number of hydrogen-bond acceptors (Lipinski definition) is 2. The van der Waals surface area contributed by atoms with E-state index in [-0.39, 0.29) is 11.8 Å². The molecule has 1 aliphatic heterocycles. The SMILES string of the molecule is O=C1CC(CCl)CN1c1ccccc1Nc1ccccc1. The monoisotopic (exact) mass is 300 g/mol. The van der Waals surface area contributed by atoms with E-state index in [0.717, 1.165) is 17.1 Å². The second kappa shape index (κ2) is 6.19. The van der Waals surface area contributed by atoms with Crippen LogP contribution in [0.15, 0.2) is 54.6 Å². The molecule has 1 N–H and O–H groups in total. The van der Waals surface area contributed by atoms with Gasteiger partial charge in [0.15, 0.2) is 0 Å². The number of para-hydroxylation sites is 3. The predicted molar refractivity (Wildman–Crippen MR) is 87.3 cm³/mol. The maximum atomic E-state index is 12.2. The standard InChI is InChI=1S/C17H17ClN2O/c18-11-13-10-17(21)20(12-13)16-9-5-4-8-15(16)19-14-6-2-1-3-7-14/h1-9,13,19H,10-12H2. The molecule has 3 nitrogen and oxygen atoms in total. The highest BCUT2D eigenvalue weighted by atomic mass is 35.5. The van der Waals surface area contributed by atoms with Gasteiger partial charge in [-0.05, 0) is 30.2 Å². The minimum absolute atomic E-state index is 0.142. The first-order valence-electron chi connectivity index (χ1n) is 7.05. The first-order valence-corrected chi connectivity index (χ1v) is 7.59. The van der Waals surface area contributed by atoms with Crippen LogP contribution in [0.5, 0.6) is 0 Å². The number of alkyl halides is 1. The normalized spacial score (nSPS) is 18.0. The van der Waals surface area contributed by atoms with Crippen LogP contribution in [0.4, 0.5) is 17.1 Å². The number of amides is 1. The molecular weight excluding hydrogens is 284 g/mol. The lowest BCUT2D eigenvalue weighted by Gasteiger charge is -2.21. The molecule has 2 aromatic rings. The van der Waals surface area contributed by atoms with E-state index in [0.29, 0.717) is 18.8 Å². The molecule has 1 amide bonds. The predicted octanol–water partition coefficient (Wildman–Crippen LogP) is 4.02. The maximum absolute atomic E-state index is 12.2. The number of nitrogens with one attached hydrogen (secondary N) is 1. The molecule has 1 atom stereocenters. The Labute approximate surface area is 129 Å². The lowest BCUT2D eigenvalue weighted by atomic mass is 10.1. The fraction of sp³-hybridized carbons (Fsp3) is 0.235. The highest BCUT2D eigenvalue weighted by molar-refractivity contribution is 6.18. The van der Waals surface area contributed by atoms with Crippen molar-refractivity contribution < 1.29 is 4.79 Å². The summed E-state index contributed by atoms with van der Waals surface area (Å²) < 4.78 is 0. The zero-order valence-electron chi connectivity index (χ0n) is 11.6. The Balaban J connectivity index is 1.88. The topological polar surface area (TPSA) is 32.3 Å². The summed E-state index contributed by atoms with van der Waals surface area (Å²) in [6.07, 6.45) is 0.531. The second-order valence-electron chi connectivity index (χ2n) is 5.24. The first kappa shape index (κ1) is 14.0. The number of carbonyl (C=O) groups is 1. The molecule has 4 heteroatoms. The number of carbonyl (C=O) groups excluding carboxylic acids is 1. The fourth-order valence-electron chi connectivity index (χ4n) is 2.61. The molecule has 0 bridgehead atoms. The van der Waals surface area contributed by atoms with Crippen molar-refractivity contribution in [2.75, 3.05) is 22.6 Å². The third-order valence-corrected chi connectivity index (χ3v) is 4.11. The van der Waals surface area contributed by atoms with Crippen molar-refractivity contribution in [3.8, 4) is 0 Å². The van der Waals surface area contributed by atoms with Gasteiger partial charge in [0.1, 0.15) is 0 Å². The molecule has 1 heterocycles. The van der Waals surface area contributed by atoms with Gasteiger partial charge >= 0.3 is 0 Å². The molecule has 1 saturated heterocycles. The van der Waals surface area contributed by atoms with Crippen molar-refractivity contribution in [1.82, 2.24) is 0 Å². The third-order valence-electron chi connectivity index (χ3n) is 3.67. The van der Waals surface area contributed by atoms with Crippen molar-refractivity contribution in [2.24, 2.45) is 5.92 Å². The highest BCUT2D eigenvalue weighted by Crippen LogP contribution is 2.33. The molecule has 2 aromatic carbocycles. The maximum Gasteiger partial charge on any atom is 0.227 e. The Hall–Kier alpha value is -2.00. The summed E-state index contributed by atoms with van der Waals surface area (Å²) in [6.45, 7) is 0.690. The average molecular weight is 301 g/mol. The van der Waals surface area contributed by atoms with Crippen LogP contribution in [0.25, 0.3) is 0 Å². The van der Waals surface area contributed by atoms with Gasteiger partial charge in [-0.1, -0.05) is 30.3 Å². The molecule has 0 aliphatic carbocycles. The van der Waals surface area contributed by atoms with Crippen LogP contribution in [0.1, 0.15) is 6.42 Å². The van der Waals surface area contributed by atoms with Gasteiger partial charge in [0.25, 0.3) is 0 Å². The van der Waals surface area contributed by atoms with Gasteiger partial charge in [0, 0.05) is 24.5 Å².